The summed E-state index contributed by atoms with van der Waals surface area (Å²) in [4.78, 5) is 35.6. The van der Waals surface area contributed by atoms with E-state index in [1.165, 1.54) is 24.3 Å². The zero-order valence-electron chi connectivity index (χ0n) is 13.3. The summed E-state index contributed by atoms with van der Waals surface area (Å²) < 4.78 is 12.8. The number of amides is 1. The van der Waals surface area contributed by atoms with Crippen LogP contribution in [0.4, 0.5) is 4.39 Å². The molecule has 0 aliphatic carbocycles. The van der Waals surface area contributed by atoms with Crippen molar-refractivity contribution in [2.75, 3.05) is 6.54 Å². The topological polar surface area (TPSA) is 63.2 Å². The van der Waals surface area contributed by atoms with E-state index in [4.69, 9.17) is 0 Å². The van der Waals surface area contributed by atoms with Crippen molar-refractivity contribution in [3.8, 4) is 0 Å². The molecule has 0 radical (unpaired) electrons. The summed E-state index contributed by atoms with van der Waals surface area (Å²) in [6, 6.07) is 12.3. The largest absolute Gasteiger partial charge is 0.349 e. The molecule has 0 heterocycles. The first-order valence-corrected chi connectivity index (χ1v) is 7.61. The smallest absolute Gasteiger partial charge is 0.220 e. The van der Waals surface area contributed by atoms with E-state index in [0.717, 1.165) is 5.56 Å². The van der Waals surface area contributed by atoms with Gasteiger partial charge in [0.1, 0.15) is 5.82 Å². The van der Waals surface area contributed by atoms with Crippen molar-refractivity contribution in [2.45, 2.75) is 19.8 Å². The maximum Gasteiger partial charge on any atom is 0.220 e. The average Bonchev–Trinajstić information content (AvgIpc) is 2.58. The second-order valence-electron chi connectivity index (χ2n) is 5.50. The van der Waals surface area contributed by atoms with Crippen LogP contribution in [0.15, 0.2) is 48.5 Å². The fourth-order valence-electron chi connectivity index (χ4n) is 2.12. The van der Waals surface area contributed by atoms with Gasteiger partial charge < -0.3 is 5.32 Å². The molecule has 2 aromatic carbocycles. The van der Waals surface area contributed by atoms with Gasteiger partial charge in [0, 0.05) is 24.0 Å². The molecule has 4 nitrogen and oxygen atoms in total. The first-order valence-electron chi connectivity index (χ1n) is 7.61. The van der Waals surface area contributed by atoms with Crippen LogP contribution in [0.2, 0.25) is 0 Å². The summed E-state index contributed by atoms with van der Waals surface area (Å²) >= 11 is 0. The number of carbonyl (C=O) groups excluding carboxylic acids is 3. The predicted molar refractivity (Wildman–Crippen MR) is 88.5 cm³/mol. The standard InChI is InChI=1S/C19H18FNO3/c1-13-2-4-14(5-3-13)17(22)10-11-19(24)21-12-18(23)15-6-8-16(20)9-7-15/h2-9H,10-12H2,1H3,(H,21,24). The number of aryl methyl sites for hydroxylation is 1. The second kappa shape index (κ2) is 8.15. The van der Waals surface area contributed by atoms with Gasteiger partial charge in [0.05, 0.1) is 6.54 Å². The number of carbonyl (C=O) groups is 3. The lowest BCUT2D eigenvalue weighted by Crippen LogP contribution is -2.29. The van der Waals surface area contributed by atoms with Gasteiger partial charge in [0.25, 0.3) is 0 Å². The first kappa shape index (κ1) is 17.5. The van der Waals surface area contributed by atoms with Crippen molar-refractivity contribution in [3.05, 3.63) is 71.0 Å². The van der Waals surface area contributed by atoms with E-state index in [-0.39, 0.29) is 36.9 Å². The van der Waals surface area contributed by atoms with Crippen LogP contribution in [-0.4, -0.2) is 24.0 Å². The van der Waals surface area contributed by atoms with Gasteiger partial charge in [-0.15, -0.1) is 0 Å². The molecule has 24 heavy (non-hydrogen) atoms. The highest BCUT2D eigenvalue weighted by atomic mass is 19.1. The van der Waals surface area contributed by atoms with E-state index in [2.05, 4.69) is 5.32 Å². The highest BCUT2D eigenvalue weighted by molar-refractivity contribution is 6.00. The van der Waals surface area contributed by atoms with Crippen LogP contribution >= 0.6 is 0 Å². The Bertz CT molecular complexity index is 673. The number of hydrogen-bond donors (Lipinski definition) is 1. The van der Waals surface area contributed by atoms with E-state index in [9.17, 15) is 18.8 Å². The van der Waals surface area contributed by atoms with Gasteiger partial charge in [0.2, 0.25) is 5.91 Å². The monoisotopic (exact) mass is 327 g/mol. The first-order chi connectivity index (χ1) is 11.5. The van der Waals surface area contributed by atoms with Crippen molar-refractivity contribution in [3.63, 3.8) is 0 Å². The molecule has 0 saturated carbocycles. The SMILES string of the molecule is Cc1ccc(C(=O)CCC(=O)NCC(=O)c2ccc(F)cc2)cc1. The zero-order chi connectivity index (χ0) is 17.5. The number of ketones is 2. The third kappa shape index (κ3) is 5.12. The number of rotatable bonds is 7. The third-order valence-corrected chi connectivity index (χ3v) is 3.56. The minimum Gasteiger partial charge on any atom is -0.349 e. The Morgan fingerprint density at radius 3 is 2.00 bits per heavy atom. The normalized spacial score (nSPS) is 10.2. The number of Topliss-reactive ketones (excluding diaryl/α,β-unsaturated/α-hetero) is 2. The molecule has 0 aliphatic rings. The van der Waals surface area contributed by atoms with Crippen LogP contribution in [0.5, 0.6) is 0 Å². The van der Waals surface area contributed by atoms with Gasteiger partial charge in [-0.2, -0.15) is 0 Å². The maximum atomic E-state index is 12.8. The maximum absolute atomic E-state index is 12.8. The van der Waals surface area contributed by atoms with Crippen molar-refractivity contribution in [2.24, 2.45) is 0 Å². The Morgan fingerprint density at radius 1 is 0.833 bits per heavy atom. The molecule has 0 unspecified atom stereocenters. The van der Waals surface area contributed by atoms with Gasteiger partial charge >= 0.3 is 0 Å². The van der Waals surface area contributed by atoms with Crippen LogP contribution in [0.1, 0.15) is 39.1 Å². The Morgan fingerprint density at radius 2 is 1.38 bits per heavy atom. The minimum absolute atomic E-state index is 0.0173. The molecule has 0 bridgehead atoms. The van der Waals surface area contributed by atoms with Crippen molar-refractivity contribution >= 4 is 17.5 Å². The van der Waals surface area contributed by atoms with Crippen LogP contribution in [0.25, 0.3) is 0 Å². The van der Waals surface area contributed by atoms with Crippen LogP contribution in [-0.2, 0) is 4.79 Å². The summed E-state index contributed by atoms with van der Waals surface area (Å²) in [6.45, 7) is 1.75. The third-order valence-electron chi connectivity index (χ3n) is 3.56. The predicted octanol–water partition coefficient (Wildman–Crippen LogP) is 3.10. The molecule has 2 aromatic rings. The highest BCUT2D eigenvalue weighted by Crippen LogP contribution is 2.08. The molecular weight excluding hydrogens is 309 g/mol. The van der Waals surface area contributed by atoms with E-state index >= 15 is 0 Å². The Kier molecular flexibility index (Phi) is 5.95. The second-order valence-corrected chi connectivity index (χ2v) is 5.50. The molecule has 0 fully saturated rings. The van der Waals surface area contributed by atoms with Crippen LogP contribution in [0.3, 0.4) is 0 Å². The number of halogens is 1. The van der Waals surface area contributed by atoms with E-state index in [0.29, 0.717) is 11.1 Å². The number of benzene rings is 2. The minimum atomic E-state index is -0.426. The summed E-state index contributed by atoms with van der Waals surface area (Å²) in [7, 11) is 0. The fraction of sp³-hybridized carbons (Fsp3) is 0.211. The van der Waals surface area contributed by atoms with Crippen LogP contribution < -0.4 is 5.32 Å². The quantitative estimate of drug-likeness (QED) is 0.795. The highest BCUT2D eigenvalue weighted by Gasteiger charge is 2.11. The van der Waals surface area contributed by atoms with Crippen molar-refractivity contribution in [1.82, 2.24) is 5.32 Å². The molecule has 0 aromatic heterocycles. The van der Waals surface area contributed by atoms with Gasteiger partial charge in [-0.05, 0) is 31.2 Å². The van der Waals surface area contributed by atoms with Gasteiger partial charge in [0.15, 0.2) is 11.6 Å². The lowest BCUT2D eigenvalue weighted by Gasteiger charge is -2.05. The fourth-order valence-corrected chi connectivity index (χ4v) is 2.12. The molecule has 1 amide bonds. The van der Waals surface area contributed by atoms with Crippen LogP contribution in [0, 0.1) is 12.7 Å². The molecule has 0 saturated heterocycles. The lowest BCUT2D eigenvalue weighted by atomic mass is 10.0. The molecule has 124 valence electrons. The Hall–Kier alpha value is -2.82. The molecule has 0 spiro atoms. The molecule has 0 atom stereocenters. The van der Waals surface area contributed by atoms with Gasteiger partial charge in [-0.3, -0.25) is 14.4 Å². The van der Waals surface area contributed by atoms with Gasteiger partial charge in [-0.1, -0.05) is 29.8 Å². The average molecular weight is 327 g/mol. The molecule has 2 rings (SSSR count). The molecule has 1 N–H and O–H groups in total. The number of hydrogen-bond acceptors (Lipinski definition) is 3. The van der Waals surface area contributed by atoms with E-state index in [1.54, 1.807) is 12.1 Å². The Labute approximate surface area is 139 Å². The van der Waals surface area contributed by atoms with Crippen molar-refractivity contribution in [1.29, 1.82) is 0 Å². The molecule has 0 aliphatic heterocycles. The molecular formula is C19H18FNO3. The summed E-state index contributed by atoms with van der Waals surface area (Å²) in [5.74, 6) is -1.22. The van der Waals surface area contributed by atoms with Crippen molar-refractivity contribution < 1.29 is 18.8 Å². The summed E-state index contributed by atoms with van der Waals surface area (Å²) in [5.41, 5.74) is 1.95. The molecule has 5 heteroatoms. The van der Waals surface area contributed by atoms with E-state index in [1.807, 2.05) is 19.1 Å². The summed E-state index contributed by atoms with van der Waals surface area (Å²) in [5, 5.41) is 2.48. The Balaban J connectivity index is 1.77. The summed E-state index contributed by atoms with van der Waals surface area (Å²) in [6.07, 6.45) is 0.100. The zero-order valence-corrected chi connectivity index (χ0v) is 13.3. The number of nitrogens with one attached hydrogen (secondary N) is 1. The van der Waals surface area contributed by atoms with Gasteiger partial charge in [-0.25, -0.2) is 4.39 Å². The van der Waals surface area contributed by atoms with E-state index < -0.39 is 5.82 Å². The lowest BCUT2D eigenvalue weighted by molar-refractivity contribution is -0.120.